The molecular formula is C12H17N5OS. The fourth-order valence-corrected chi connectivity index (χ4v) is 2.58. The lowest BCUT2D eigenvalue weighted by atomic mass is 10.1. The number of carbonyl (C=O) groups is 1. The number of amides is 1. The molecule has 102 valence electrons. The average molecular weight is 279 g/mol. The summed E-state index contributed by atoms with van der Waals surface area (Å²) >= 11 is 1.54. The maximum Gasteiger partial charge on any atom is 0.244 e. The van der Waals surface area contributed by atoms with Gasteiger partial charge in [-0.1, -0.05) is 0 Å². The van der Waals surface area contributed by atoms with E-state index in [2.05, 4.69) is 10.1 Å². The van der Waals surface area contributed by atoms with Crippen molar-refractivity contribution in [2.45, 2.75) is 19.5 Å². The number of hydrogen-bond acceptors (Lipinski definition) is 5. The average Bonchev–Trinajstić information content (AvgIpc) is 2.97. The number of aryl methyl sites for hydroxylation is 2. The highest BCUT2D eigenvalue weighted by molar-refractivity contribution is 7.09. The van der Waals surface area contributed by atoms with Crippen LogP contribution in [0.15, 0.2) is 17.9 Å². The monoisotopic (exact) mass is 279 g/mol. The normalized spacial score (nSPS) is 12.4. The van der Waals surface area contributed by atoms with Crippen LogP contribution in [0.3, 0.4) is 0 Å². The summed E-state index contributed by atoms with van der Waals surface area (Å²) in [5.41, 5.74) is 9.43. The van der Waals surface area contributed by atoms with Crippen molar-refractivity contribution in [2.75, 3.05) is 7.05 Å². The lowest BCUT2D eigenvalue weighted by molar-refractivity contribution is -0.131. The molecule has 2 rings (SSSR count). The van der Waals surface area contributed by atoms with Crippen molar-refractivity contribution in [3.63, 3.8) is 0 Å². The minimum atomic E-state index is -0.674. The molecule has 0 saturated carbocycles. The first-order valence-electron chi connectivity index (χ1n) is 5.87. The number of nitrogens with two attached hydrogens (primary N) is 1. The Labute approximate surface area is 115 Å². The first-order valence-corrected chi connectivity index (χ1v) is 6.75. The van der Waals surface area contributed by atoms with Crippen LogP contribution in [0.1, 0.15) is 22.2 Å². The molecule has 19 heavy (non-hydrogen) atoms. The second kappa shape index (κ2) is 5.50. The highest BCUT2D eigenvalue weighted by Gasteiger charge is 2.21. The fraction of sp³-hybridized carbons (Fsp3) is 0.417. The molecule has 2 N–H and O–H groups in total. The number of aromatic nitrogens is 3. The van der Waals surface area contributed by atoms with Crippen LogP contribution in [0, 0.1) is 6.92 Å². The number of rotatable bonds is 4. The van der Waals surface area contributed by atoms with Crippen molar-refractivity contribution >= 4 is 17.2 Å². The van der Waals surface area contributed by atoms with Crippen LogP contribution in [-0.4, -0.2) is 32.6 Å². The first kappa shape index (κ1) is 13.7. The van der Waals surface area contributed by atoms with Gasteiger partial charge in [-0.3, -0.25) is 9.48 Å². The van der Waals surface area contributed by atoms with E-state index < -0.39 is 6.04 Å². The molecule has 6 nitrogen and oxygen atoms in total. The third kappa shape index (κ3) is 2.99. The molecule has 1 amide bonds. The minimum Gasteiger partial charge on any atom is -0.339 e. The van der Waals surface area contributed by atoms with Gasteiger partial charge in [0.15, 0.2) is 0 Å². The summed E-state index contributed by atoms with van der Waals surface area (Å²) in [5.74, 6) is -0.124. The van der Waals surface area contributed by atoms with Gasteiger partial charge in [0.25, 0.3) is 0 Å². The molecule has 0 aliphatic heterocycles. The largest absolute Gasteiger partial charge is 0.339 e. The number of carbonyl (C=O) groups excluding carboxylic acids is 1. The van der Waals surface area contributed by atoms with E-state index in [0.717, 1.165) is 16.1 Å². The zero-order valence-electron chi connectivity index (χ0n) is 11.2. The van der Waals surface area contributed by atoms with Gasteiger partial charge in [-0.2, -0.15) is 5.10 Å². The fourth-order valence-electron chi connectivity index (χ4n) is 1.75. The summed E-state index contributed by atoms with van der Waals surface area (Å²) in [6, 6.07) is -0.674. The summed E-state index contributed by atoms with van der Waals surface area (Å²) in [6.45, 7) is 2.47. The third-order valence-electron chi connectivity index (χ3n) is 2.95. The quantitative estimate of drug-likeness (QED) is 0.900. The van der Waals surface area contributed by atoms with Gasteiger partial charge in [0.05, 0.1) is 23.9 Å². The Kier molecular flexibility index (Phi) is 3.96. The predicted molar refractivity (Wildman–Crippen MR) is 73.5 cm³/mol. The van der Waals surface area contributed by atoms with Gasteiger partial charge in [-0.05, 0) is 6.92 Å². The summed E-state index contributed by atoms with van der Waals surface area (Å²) in [7, 11) is 3.54. The van der Waals surface area contributed by atoms with Gasteiger partial charge in [0.1, 0.15) is 6.04 Å². The molecule has 0 bridgehead atoms. The molecule has 2 aromatic rings. The van der Waals surface area contributed by atoms with E-state index in [4.69, 9.17) is 5.73 Å². The van der Waals surface area contributed by atoms with E-state index in [1.54, 1.807) is 52.9 Å². The van der Waals surface area contributed by atoms with Crippen LogP contribution in [0.25, 0.3) is 0 Å². The van der Waals surface area contributed by atoms with Crippen LogP contribution in [0.5, 0.6) is 0 Å². The van der Waals surface area contributed by atoms with Crippen molar-refractivity contribution in [3.05, 3.63) is 34.0 Å². The van der Waals surface area contributed by atoms with Crippen LogP contribution in [-0.2, 0) is 18.4 Å². The number of thiazole rings is 1. The molecule has 7 heteroatoms. The van der Waals surface area contributed by atoms with Crippen molar-refractivity contribution in [3.8, 4) is 0 Å². The summed E-state index contributed by atoms with van der Waals surface area (Å²) < 4.78 is 1.63. The van der Waals surface area contributed by atoms with Crippen LogP contribution in [0.2, 0.25) is 0 Å². The molecule has 0 aliphatic carbocycles. The highest BCUT2D eigenvalue weighted by atomic mass is 32.1. The molecular weight excluding hydrogens is 262 g/mol. The van der Waals surface area contributed by atoms with Gasteiger partial charge in [0, 0.05) is 30.7 Å². The molecule has 0 fully saturated rings. The van der Waals surface area contributed by atoms with Gasteiger partial charge in [-0.25, -0.2) is 4.98 Å². The van der Waals surface area contributed by atoms with Crippen LogP contribution >= 0.6 is 11.3 Å². The second-order valence-corrected chi connectivity index (χ2v) is 5.42. The molecule has 1 atom stereocenters. The van der Waals surface area contributed by atoms with E-state index in [1.165, 1.54) is 0 Å². The van der Waals surface area contributed by atoms with E-state index in [-0.39, 0.29) is 5.91 Å². The summed E-state index contributed by atoms with van der Waals surface area (Å²) in [4.78, 5) is 19.1. The molecule has 2 heterocycles. The van der Waals surface area contributed by atoms with E-state index in [9.17, 15) is 4.79 Å². The second-order valence-electron chi connectivity index (χ2n) is 4.48. The Morgan fingerprint density at radius 3 is 2.89 bits per heavy atom. The van der Waals surface area contributed by atoms with Gasteiger partial charge in [0.2, 0.25) is 5.91 Å². The molecule has 1 unspecified atom stereocenters. The smallest absolute Gasteiger partial charge is 0.244 e. The number of hydrogen-bond donors (Lipinski definition) is 1. The number of likely N-dealkylation sites (N-methyl/N-ethyl adjacent to an activating group) is 1. The number of nitrogens with zero attached hydrogens (tertiary/aromatic N) is 4. The Morgan fingerprint density at radius 1 is 1.63 bits per heavy atom. The zero-order valence-corrected chi connectivity index (χ0v) is 12.0. The first-order chi connectivity index (χ1) is 8.99. The van der Waals surface area contributed by atoms with E-state index >= 15 is 0 Å². The van der Waals surface area contributed by atoms with Crippen molar-refractivity contribution < 1.29 is 4.79 Å². The third-order valence-corrected chi connectivity index (χ3v) is 3.87. The van der Waals surface area contributed by atoms with Gasteiger partial charge < -0.3 is 10.6 Å². The van der Waals surface area contributed by atoms with Crippen LogP contribution < -0.4 is 5.73 Å². The van der Waals surface area contributed by atoms with E-state index in [0.29, 0.717) is 6.54 Å². The van der Waals surface area contributed by atoms with Crippen molar-refractivity contribution in [1.82, 2.24) is 19.7 Å². The Hall–Kier alpha value is -1.73. The Balaban J connectivity index is 2.05. The van der Waals surface area contributed by atoms with Crippen LogP contribution in [0.4, 0.5) is 0 Å². The zero-order chi connectivity index (χ0) is 14.0. The maximum atomic E-state index is 12.2. The standard InChI is InChI=1S/C12H17N5OS/c1-8-10(19-7-14-8)6-16(2)12(18)11(13)9-4-15-17(3)5-9/h4-5,7,11H,6,13H2,1-3H3. The lowest BCUT2D eigenvalue weighted by Crippen LogP contribution is -2.35. The molecule has 0 saturated heterocycles. The predicted octanol–water partition coefficient (Wildman–Crippen LogP) is 0.843. The SMILES string of the molecule is Cc1ncsc1CN(C)C(=O)C(N)c1cnn(C)c1. The topological polar surface area (TPSA) is 77.0 Å². The van der Waals surface area contributed by atoms with Crippen molar-refractivity contribution in [1.29, 1.82) is 0 Å². The summed E-state index contributed by atoms with van der Waals surface area (Å²) in [5, 5.41) is 4.03. The Bertz CT molecular complexity index is 576. The Morgan fingerprint density at radius 2 is 2.37 bits per heavy atom. The highest BCUT2D eigenvalue weighted by Crippen LogP contribution is 2.17. The lowest BCUT2D eigenvalue weighted by Gasteiger charge is -2.20. The molecule has 0 spiro atoms. The maximum absolute atomic E-state index is 12.2. The minimum absolute atomic E-state index is 0.124. The van der Waals surface area contributed by atoms with Crippen molar-refractivity contribution in [2.24, 2.45) is 12.8 Å². The molecule has 2 aromatic heterocycles. The van der Waals surface area contributed by atoms with Gasteiger partial charge >= 0.3 is 0 Å². The molecule has 0 radical (unpaired) electrons. The summed E-state index contributed by atoms with van der Waals surface area (Å²) in [6.07, 6.45) is 3.38. The van der Waals surface area contributed by atoms with Gasteiger partial charge in [-0.15, -0.1) is 11.3 Å². The molecule has 0 aromatic carbocycles. The van der Waals surface area contributed by atoms with E-state index in [1.807, 2.05) is 6.92 Å². The molecule has 0 aliphatic rings.